The lowest BCUT2D eigenvalue weighted by atomic mass is 9.85. The minimum absolute atomic E-state index is 0.253. The summed E-state index contributed by atoms with van der Waals surface area (Å²) in [5.41, 5.74) is 1.01. The fraction of sp³-hybridized carbons (Fsp3) is 0.316. The molecule has 1 N–H and O–H groups in total. The predicted octanol–water partition coefficient (Wildman–Crippen LogP) is 2.73. The lowest BCUT2D eigenvalue weighted by Crippen LogP contribution is -2.60. The van der Waals surface area contributed by atoms with Crippen molar-refractivity contribution in [2.75, 3.05) is 18.5 Å². The molecule has 0 aliphatic carbocycles. The first-order valence-corrected chi connectivity index (χ1v) is 8.13. The summed E-state index contributed by atoms with van der Waals surface area (Å²) >= 11 is 0. The number of hydrogen-bond acceptors (Lipinski definition) is 3. The molecule has 0 spiro atoms. The second kappa shape index (κ2) is 5.31. The third kappa shape index (κ3) is 2.04. The van der Waals surface area contributed by atoms with Gasteiger partial charge < -0.3 is 14.9 Å². The Labute approximate surface area is 140 Å². The van der Waals surface area contributed by atoms with Crippen LogP contribution in [0.3, 0.4) is 0 Å². The summed E-state index contributed by atoms with van der Waals surface area (Å²) in [4.78, 5) is 16.6. The monoisotopic (exact) mass is 326 g/mol. The van der Waals surface area contributed by atoms with Crippen LogP contribution in [0.1, 0.15) is 28.8 Å². The summed E-state index contributed by atoms with van der Waals surface area (Å²) in [6, 6.07) is 13.4. The highest BCUT2D eigenvalue weighted by Crippen LogP contribution is 2.49. The Morgan fingerprint density at radius 3 is 2.83 bits per heavy atom. The first-order valence-electron chi connectivity index (χ1n) is 8.13. The molecule has 4 rings (SSSR count). The summed E-state index contributed by atoms with van der Waals surface area (Å²) in [6.07, 6.45) is 0.835. The van der Waals surface area contributed by atoms with E-state index in [-0.39, 0.29) is 5.91 Å². The van der Waals surface area contributed by atoms with Crippen LogP contribution in [0.25, 0.3) is 0 Å². The van der Waals surface area contributed by atoms with E-state index in [9.17, 15) is 14.3 Å². The number of fused-ring (bicyclic) bond motifs is 3. The van der Waals surface area contributed by atoms with Crippen molar-refractivity contribution in [2.45, 2.75) is 24.6 Å². The molecular weight excluding hydrogens is 307 g/mol. The van der Waals surface area contributed by atoms with Crippen LogP contribution < -0.4 is 4.90 Å². The van der Waals surface area contributed by atoms with Gasteiger partial charge in [-0.05, 0) is 37.1 Å². The molecule has 2 aliphatic rings. The van der Waals surface area contributed by atoms with Gasteiger partial charge in [-0.3, -0.25) is 4.79 Å². The molecular formula is C19H19FN2O2. The van der Waals surface area contributed by atoms with Crippen LogP contribution in [0.2, 0.25) is 0 Å². The lowest BCUT2D eigenvalue weighted by Gasteiger charge is -2.45. The Morgan fingerprint density at radius 1 is 1.25 bits per heavy atom. The first-order chi connectivity index (χ1) is 11.5. The molecule has 24 heavy (non-hydrogen) atoms. The van der Waals surface area contributed by atoms with Gasteiger partial charge >= 0.3 is 0 Å². The van der Waals surface area contributed by atoms with E-state index in [1.54, 1.807) is 11.0 Å². The van der Waals surface area contributed by atoms with Gasteiger partial charge in [-0.1, -0.05) is 24.3 Å². The van der Waals surface area contributed by atoms with Crippen molar-refractivity contribution in [2.24, 2.45) is 0 Å². The first kappa shape index (κ1) is 15.1. The Morgan fingerprint density at radius 2 is 2.04 bits per heavy atom. The fourth-order valence-corrected chi connectivity index (χ4v) is 4.11. The van der Waals surface area contributed by atoms with Gasteiger partial charge in [-0.2, -0.15) is 0 Å². The van der Waals surface area contributed by atoms with Crippen LogP contribution in [-0.2, 0) is 5.60 Å². The zero-order valence-corrected chi connectivity index (χ0v) is 13.4. The number of para-hydroxylation sites is 1. The molecule has 0 saturated carbocycles. The van der Waals surface area contributed by atoms with E-state index in [1.165, 1.54) is 18.2 Å². The van der Waals surface area contributed by atoms with Gasteiger partial charge in [-0.25, -0.2) is 4.39 Å². The number of likely N-dealkylation sites (N-methyl/N-ethyl adjacent to an activating group) is 1. The van der Waals surface area contributed by atoms with Crippen LogP contribution in [0.5, 0.6) is 0 Å². The number of benzene rings is 2. The molecule has 2 aromatic rings. The highest BCUT2D eigenvalue weighted by Gasteiger charge is 2.54. The van der Waals surface area contributed by atoms with Gasteiger partial charge in [0.25, 0.3) is 5.91 Å². The Kier molecular flexibility index (Phi) is 3.35. The molecule has 0 aromatic heterocycles. The van der Waals surface area contributed by atoms with Gasteiger partial charge in [0.15, 0.2) is 0 Å². The van der Waals surface area contributed by atoms with Crippen LogP contribution in [0.15, 0.2) is 48.5 Å². The van der Waals surface area contributed by atoms with Crippen LogP contribution in [0.4, 0.5) is 10.1 Å². The number of aliphatic hydroxyl groups is 1. The molecule has 2 atom stereocenters. The van der Waals surface area contributed by atoms with Crippen molar-refractivity contribution in [3.05, 3.63) is 65.5 Å². The molecule has 2 aliphatic heterocycles. The molecule has 2 unspecified atom stereocenters. The number of amides is 1. The van der Waals surface area contributed by atoms with Gasteiger partial charge in [0.1, 0.15) is 17.6 Å². The minimum Gasteiger partial charge on any atom is -0.381 e. The van der Waals surface area contributed by atoms with Gasteiger partial charge in [0, 0.05) is 30.4 Å². The van der Waals surface area contributed by atoms with Crippen LogP contribution in [-0.4, -0.2) is 35.7 Å². The van der Waals surface area contributed by atoms with E-state index in [0.717, 1.165) is 11.3 Å². The molecule has 0 bridgehead atoms. The summed E-state index contributed by atoms with van der Waals surface area (Å²) < 4.78 is 13.5. The maximum Gasteiger partial charge on any atom is 0.255 e. The number of carbonyl (C=O) groups excluding carboxylic acids is 1. The van der Waals surface area contributed by atoms with Crippen molar-refractivity contribution in [1.29, 1.82) is 0 Å². The van der Waals surface area contributed by atoms with Crippen molar-refractivity contribution >= 4 is 11.6 Å². The molecule has 1 fully saturated rings. The van der Waals surface area contributed by atoms with Gasteiger partial charge in [-0.15, -0.1) is 0 Å². The van der Waals surface area contributed by atoms with E-state index in [0.29, 0.717) is 24.9 Å². The second-order valence-corrected chi connectivity index (χ2v) is 6.54. The molecule has 4 nitrogen and oxygen atoms in total. The molecule has 5 heteroatoms. The SMILES string of the molecule is CN1c2ccccc2C2(O)CCCN(C(=O)c3cccc(F)c3)C12. The zero-order chi connectivity index (χ0) is 16.9. The Hall–Kier alpha value is -2.40. The average molecular weight is 326 g/mol. The van der Waals surface area contributed by atoms with Crippen molar-refractivity contribution in [3.63, 3.8) is 0 Å². The minimum atomic E-state index is -1.09. The Balaban J connectivity index is 1.76. The molecule has 1 saturated heterocycles. The largest absolute Gasteiger partial charge is 0.381 e. The summed E-state index contributed by atoms with van der Waals surface area (Å²) in [7, 11) is 1.89. The second-order valence-electron chi connectivity index (χ2n) is 6.54. The topological polar surface area (TPSA) is 43.8 Å². The number of nitrogens with zero attached hydrogens (tertiary/aromatic N) is 2. The van der Waals surface area contributed by atoms with E-state index in [4.69, 9.17) is 0 Å². The summed E-state index contributed by atoms with van der Waals surface area (Å²) in [6.45, 7) is 0.542. The van der Waals surface area contributed by atoms with Crippen molar-refractivity contribution in [3.8, 4) is 0 Å². The van der Waals surface area contributed by atoms with E-state index >= 15 is 0 Å². The highest BCUT2D eigenvalue weighted by molar-refractivity contribution is 5.95. The van der Waals surface area contributed by atoms with Crippen LogP contribution in [0, 0.1) is 5.82 Å². The standard InChI is InChI=1S/C19H19FN2O2/c1-21-16-9-3-2-8-15(16)19(24)10-5-11-22(18(19)21)17(23)13-6-4-7-14(20)12-13/h2-4,6-9,12,18,24H,5,10-11H2,1H3. The number of halogens is 1. The highest BCUT2D eigenvalue weighted by atomic mass is 19.1. The third-order valence-electron chi connectivity index (χ3n) is 5.13. The van der Waals surface area contributed by atoms with E-state index in [2.05, 4.69) is 0 Å². The molecule has 124 valence electrons. The van der Waals surface area contributed by atoms with Gasteiger partial charge in [0.2, 0.25) is 0 Å². The van der Waals surface area contributed by atoms with E-state index in [1.807, 2.05) is 36.2 Å². The van der Waals surface area contributed by atoms with Crippen LogP contribution >= 0.6 is 0 Å². The van der Waals surface area contributed by atoms with Gasteiger partial charge in [0.05, 0.1) is 0 Å². The summed E-state index contributed by atoms with van der Waals surface area (Å²) in [5.74, 6) is -0.687. The van der Waals surface area contributed by atoms with Crippen molar-refractivity contribution < 1.29 is 14.3 Å². The third-order valence-corrected chi connectivity index (χ3v) is 5.13. The zero-order valence-electron chi connectivity index (χ0n) is 13.4. The fourth-order valence-electron chi connectivity index (χ4n) is 4.11. The number of piperidine rings is 1. The average Bonchev–Trinajstić information content (AvgIpc) is 2.83. The molecule has 2 aromatic carbocycles. The number of rotatable bonds is 1. The normalized spacial score (nSPS) is 25.4. The quantitative estimate of drug-likeness (QED) is 0.876. The van der Waals surface area contributed by atoms with E-state index < -0.39 is 17.6 Å². The Bertz CT molecular complexity index is 809. The number of anilines is 1. The molecule has 0 radical (unpaired) electrons. The maximum atomic E-state index is 13.5. The number of likely N-dealkylation sites (tertiary alicyclic amines) is 1. The lowest BCUT2D eigenvalue weighted by molar-refractivity contribution is -0.0645. The summed E-state index contributed by atoms with van der Waals surface area (Å²) in [5, 5.41) is 11.3. The maximum absolute atomic E-state index is 13.5. The molecule has 2 heterocycles. The molecule has 1 amide bonds. The van der Waals surface area contributed by atoms with Crippen molar-refractivity contribution in [1.82, 2.24) is 4.90 Å². The smallest absolute Gasteiger partial charge is 0.255 e. The number of carbonyl (C=O) groups is 1. The number of hydrogen-bond donors (Lipinski definition) is 1. The predicted molar refractivity (Wildman–Crippen MR) is 89.2 cm³/mol.